The summed E-state index contributed by atoms with van der Waals surface area (Å²) in [7, 11) is 0. The summed E-state index contributed by atoms with van der Waals surface area (Å²) in [5.41, 5.74) is 1.65. The van der Waals surface area contributed by atoms with E-state index in [1.165, 1.54) is 0 Å². The first-order chi connectivity index (χ1) is 8.70. The smallest absolute Gasteiger partial charge is 0.222 e. The van der Waals surface area contributed by atoms with Gasteiger partial charge in [-0.2, -0.15) is 0 Å². The Morgan fingerprint density at radius 1 is 1.21 bits per heavy atom. The number of aromatic nitrogens is 2. The van der Waals surface area contributed by atoms with Crippen LogP contribution in [-0.2, 0) is 4.79 Å². The fraction of sp³-hybridized carbons (Fsp3) is 0.615. The summed E-state index contributed by atoms with van der Waals surface area (Å²) < 4.78 is 0. The highest BCUT2D eigenvalue weighted by Gasteiger charge is 2.13. The van der Waals surface area contributed by atoms with Gasteiger partial charge in [-0.15, -0.1) is 10.2 Å². The van der Waals surface area contributed by atoms with E-state index in [1.54, 1.807) is 0 Å². The number of rotatable bonds is 4. The molecule has 2 N–H and O–H groups in total. The Morgan fingerprint density at radius 3 is 2.42 bits per heavy atom. The van der Waals surface area contributed by atoms with Crippen molar-refractivity contribution in [3.05, 3.63) is 16.3 Å². The molecule has 0 unspecified atom stereocenters. The van der Waals surface area contributed by atoms with Crippen LogP contribution in [0.15, 0.2) is 0 Å². The Hall–Kier alpha value is -1.36. The first kappa shape index (κ1) is 15.7. The van der Waals surface area contributed by atoms with Crippen molar-refractivity contribution in [2.45, 2.75) is 46.6 Å². The summed E-state index contributed by atoms with van der Waals surface area (Å²) in [5.74, 6) is 0.682. The van der Waals surface area contributed by atoms with Crippen molar-refractivity contribution in [2.24, 2.45) is 0 Å². The summed E-state index contributed by atoms with van der Waals surface area (Å²) in [6.45, 7) is 10.2. The maximum absolute atomic E-state index is 11.6. The zero-order chi connectivity index (χ0) is 14.6. The minimum atomic E-state index is -0.205. The maximum atomic E-state index is 11.6. The SMILES string of the molecule is Cc1c(Cl)nnc(NCCC(=O)NC(C)(C)C)c1C. The van der Waals surface area contributed by atoms with Crippen LogP contribution in [0, 0.1) is 13.8 Å². The third kappa shape index (κ3) is 5.03. The Morgan fingerprint density at radius 2 is 1.84 bits per heavy atom. The van der Waals surface area contributed by atoms with E-state index in [2.05, 4.69) is 20.8 Å². The summed E-state index contributed by atoms with van der Waals surface area (Å²) in [6, 6.07) is 0. The van der Waals surface area contributed by atoms with Gasteiger partial charge in [-0.1, -0.05) is 11.6 Å². The van der Waals surface area contributed by atoms with Crippen molar-refractivity contribution in [1.82, 2.24) is 15.5 Å². The number of hydrogen-bond acceptors (Lipinski definition) is 4. The van der Waals surface area contributed by atoms with Gasteiger partial charge in [0.25, 0.3) is 0 Å². The number of carbonyl (C=O) groups is 1. The average molecular weight is 285 g/mol. The second-order valence-corrected chi connectivity index (χ2v) is 5.92. The molecule has 0 radical (unpaired) electrons. The predicted octanol–water partition coefficient (Wildman–Crippen LogP) is 2.46. The molecule has 0 aliphatic rings. The maximum Gasteiger partial charge on any atom is 0.222 e. The molecule has 1 aromatic heterocycles. The van der Waals surface area contributed by atoms with Crippen LogP contribution in [-0.4, -0.2) is 28.2 Å². The molecule has 1 amide bonds. The molecule has 0 bridgehead atoms. The molecule has 106 valence electrons. The molecule has 0 saturated heterocycles. The van der Waals surface area contributed by atoms with Gasteiger partial charge >= 0.3 is 0 Å². The van der Waals surface area contributed by atoms with E-state index < -0.39 is 0 Å². The fourth-order valence-electron chi connectivity index (χ4n) is 1.52. The zero-order valence-corrected chi connectivity index (χ0v) is 12.9. The molecular formula is C13H21ClN4O. The van der Waals surface area contributed by atoms with E-state index in [0.29, 0.717) is 23.9 Å². The van der Waals surface area contributed by atoms with Crippen LogP contribution >= 0.6 is 11.6 Å². The Kier molecular flexibility index (Phi) is 5.11. The van der Waals surface area contributed by atoms with Crippen molar-refractivity contribution in [3.8, 4) is 0 Å². The van der Waals surface area contributed by atoms with Crippen LogP contribution in [0.25, 0.3) is 0 Å². The molecule has 0 aliphatic heterocycles. The van der Waals surface area contributed by atoms with Crippen molar-refractivity contribution in [2.75, 3.05) is 11.9 Å². The van der Waals surface area contributed by atoms with Crippen molar-refractivity contribution >= 4 is 23.3 Å². The predicted molar refractivity (Wildman–Crippen MR) is 77.5 cm³/mol. The van der Waals surface area contributed by atoms with Crippen molar-refractivity contribution in [1.29, 1.82) is 0 Å². The summed E-state index contributed by atoms with van der Waals surface area (Å²) in [4.78, 5) is 11.6. The van der Waals surface area contributed by atoms with Gasteiger partial charge in [-0.25, -0.2) is 0 Å². The molecule has 0 aliphatic carbocycles. The largest absolute Gasteiger partial charge is 0.368 e. The van der Waals surface area contributed by atoms with Crippen LogP contribution < -0.4 is 10.6 Å². The Bertz CT molecular complexity index is 468. The first-order valence-corrected chi connectivity index (χ1v) is 6.63. The third-order valence-electron chi connectivity index (χ3n) is 2.62. The third-order valence-corrected chi connectivity index (χ3v) is 2.98. The molecule has 0 saturated carbocycles. The second kappa shape index (κ2) is 6.19. The van der Waals surface area contributed by atoms with Gasteiger partial charge in [-0.3, -0.25) is 4.79 Å². The molecule has 0 atom stereocenters. The number of nitrogens with one attached hydrogen (secondary N) is 2. The van der Waals surface area contributed by atoms with Crippen molar-refractivity contribution in [3.63, 3.8) is 0 Å². The van der Waals surface area contributed by atoms with E-state index in [-0.39, 0.29) is 11.4 Å². The van der Waals surface area contributed by atoms with E-state index in [4.69, 9.17) is 11.6 Å². The molecule has 0 aromatic carbocycles. The van der Waals surface area contributed by atoms with Gasteiger partial charge in [0.2, 0.25) is 5.91 Å². The highest BCUT2D eigenvalue weighted by atomic mass is 35.5. The Balaban J connectivity index is 2.50. The molecule has 1 rings (SSSR count). The normalized spacial score (nSPS) is 11.3. The second-order valence-electron chi connectivity index (χ2n) is 5.56. The molecular weight excluding hydrogens is 264 g/mol. The topological polar surface area (TPSA) is 66.9 Å². The minimum absolute atomic E-state index is 0.0105. The quantitative estimate of drug-likeness (QED) is 0.891. The monoisotopic (exact) mass is 284 g/mol. The number of carbonyl (C=O) groups excluding carboxylic acids is 1. The molecule has 0 fully saturated rings. The molecule has 5 nitrogen and oxygen atoms in total. The van der Waals surface area contributed by atoms with Crippen LogP contribution in [0.4, 0.5) is 5.82 Å². The lowest BCUT2D eigenvalue weighted by molar-refractivity contribution is -0.122. The van der Waals surface area contributed by atoms with Gasteiger partial charge in [0.1, 0.15) is 0 Å². The van der Waals surface area contributed by atoms with Gasteiger partial charge in [-0.05, 0) is 45.7 Å². The number of amides is 1. The summed E-state index contributed by atoms with van der Waals surface area (Å²) in [5, 5.41) is 14.3. The first-order valence-electron chi connectivity index (χ1n) is 6.25. The highest BCUT2D eigenvalue weighted by molar-refractivity contribution is 6.30. The minimum Gasteiger partial charge on any atom is -0.368 e. The van der Waals surface area contributed by atoms with E-state index in [0.717, 1.165) is 11.1 Å². The summed E-state index contributed by atoms with van der Waals surface area (Å²) >= 11 is 5.88. The van der Waals surface area contributed by atoms with E-state index in [1.807, 2.05) is 34.6 Å². The number of anilines is 1. The lowest BCUT2D eigenvalue weighted by atomic mass is 10.1. The lowest BCUT2D eigenvalue weighted by Gasteiger charge is -2.20. The van der Waals surface area contributed by atoms with Crippen LogP contribution in [0.2, 0.25) is 5.15 Å². The molecule has 1 aromatic rings. The number of nitrogens with zero attached hydrogens (tertiary/aromatic N) is 2. The highest BCUT2D eigenvalue weighted by Crippen LogP contribution is 2.20. The molecule has 1 heterocycles. The van der Waals surface area contributed by atoms with Crippen LogP contribution in [0.3, 0.4) is 0 Å². The van der Waals surface area contributed by atoms with Gasteiger partial charge in [0.05, 0.1) is 0 Å². The van der Waals surface area contributed by atoms with Gasteiger partial charge < -0.3 is 10.6 Å². The molecule has 0 spiro atoms. The fourth-order valence-corrected chi connectivity index (χ4v) is 1.70. The standard InChI is InChI=1S/C13H21ClN4O/c1-8-9(2)12(18-17-11(8)14)15-7-6-10(19)16-13(3,4)5/h6-7H2,1-5H3,(H,15,18)(H,16,19). The summed E-state index contributed by atoms with van der Waals surface area (Å²) in [6.07, 6.45) is 0.389. The number of hydrogen-bond donors (Lipinski definition) is 2. The molecule has 19 heavy (non-hydrogen) atoms. The molecule has 6 heteroatoms. The zero-order valence-electron chi connectivity index (χ0n) is 12.1. The average Bonchev–Trinajstić information content (AvgIpc) is 2.27. The van der Waals surface area contributed by atoms with Crippen molar-refractivity contribution < 1.29 is 4.79 Å². The van der Waals surface area contributed by atoms with E-state index >= 15 is 0 Å². The van der Waals surface area contributed by atoms with Crippen LogP contribution in [0.5, 0.6) is 0 Å². The van der Waals surface area contributed by atoms with Gasteiger partial charge in [0, 0.05) is 18.5 Å². The Labute approximate surface area is 119 Å². The van der Waals surface area contributed by atoms with Crippen LogP contribution in [0.1, 0.15) is 38.3 Å². The van der Waals surface area contributed by atoms with E-state index in [9.17, 15) is 4.79 Å². The lowest BCUT2D eigenvalue weighted by Crippen LogP contribution is -2.41. The number of halogens is 1. The van der Waals surface area contributed by atoms with Gasteiger partial charge in [0.15, 0.2) is 11.0 Å².